The van der Waals surface area contributed by atoms with E-state index >= 15 is 0 Å². The summed E-state index contributed by atoms with van der Waals surface area (Å²) in [6, 6.07) is 15.8. The Morgan fingerprint density at radius 3 is 2.74 bits per heavy atom. The first kappa shape index (κ1) is 17.1. The van der Waals surface area contributed by atoms with Gasteiger partial charge in [-0.05, 0) is 17.7 Å². The summed E-state index contributed by atoms with van der Waals surface area (Å²) in [6.07, 6.45) is 3.60. The Morgan fingerprint density at radius 2 is 1.96 bits per heavy atom. The van der Waals surface area contributed by atoms with Gasteiger partial charge >= 0.3 is 0 Å². The molecule has 0 saturated carbocycles. The highest BCUT2D eigenvalue weighted by atomic mass is 32.1. The van der Waals surface area contributed by atoms with Crippen LogP contribution in [0.1, 0.15) is 11.3 Å². The summed E-state index contributed by atoms with van der Waals surface area (Å²) in [5.74, 6) is -0.545. The molecule has 4 rings (SSSR count). The molecule has 134 valence electrons. The average Bonchev–Trinajstić information content (AvgIpc) is 3.26. The smallest absolute Gasteiger partial charge is 0.246 e. The van der Waals surface area contributed by atoms with E-state index in [-0.39, 0.29) is 18.1 Å². The Bertz CT molecular complexity index is 1100. The minimum absolute atomic E-state index is 0.186. The van der Waals surface area contributed by atoms with E-state index in [1.165, 1.54) is 29.7 Å². The zero-order chi connectivity index (χ0) is 18.6. The van der Waals surface area contributed by atoms with Crippen LogP contribution in [-0.4, -0.2) is 21.5 Å². The number of amides is 1. The second kappa shape index (κ2) is 7.51. The van der Waals surface area contributed by atoms with Crippen LogP contribution in [-0.2, 0) is 11.2 Å². The number of imidazole rings is 1. The molecule has 0 aliphatic heterocycles. The predicted octanol–water partition coefficient (Wildman–Crippen LogP) is 3.89. The van der Waals surface area contributed by atoms with Crippen molar-refractivity contribution in [1.82, 2.24) is 14.8 Å². The Morgan fingerprint density at radius 1 is 1.19 bits per heavy atom. The normalized spacial score (nSPS) is 11.3. The van der Waals surface area contributed by atoms with E-state index in [4.69, 9.17) is 0 Å². The van der Waals surface area contributed by atoms with Crippen molar-refractivity contribution < 1.29 is 9.18 Å². The standard InChI is InChI=1S/C20H15FN4OS/c21-16-8-6-14(7-9-16)11-22-24-19(26)10-17-13-27-20-23-18(12-25(17)20)15-4-2-1-3-5-15/h1-9,11-13H,10H2,(H,24,26)/b22-11+. The maximum absolute atomic E-state index is 12.9. The van der Waals surface area contributed by atoms with Crippen LogP contribution in [0.25, 0.3) is 16.2 Å². The zero-order valence-electron chi connectivity index (χ0n) is 14.2. The summed E-state index contributed by atoms with van der Waals surface area (Å²) in [5.41, 5.74) is 5.96. The molecule has 1 amide bonds. The highest BCUT2D eigenvalue weighted by Crippen LogP contribution is 2.23. The molecular weight excluding hydrogens is 363 g/mol. The van der Waals surface area contributed by atoms with Gasteiger partial charge in [0.2, 0.25) is 5.91 Å². The van der Waals surface area contributed by atoms with Crippen LogP contribution in [0.4, 0.5) is 4.39 Å². The minimum Gasteiger partial charge on any atom is -0.294 e. The molecule has 0 fully saturated rings. The number of hydrazone groups is 1. The Hall–Kier alpha value is -3.32. The van der Waals surface area contributed by atoms with E-state index in [1.807, 2.05) is 46.3 Å². The molecule has 2 heterocycles. The third kappa shape index (κ3) is 3.93. The number of carbonyl (C=O) groups excluding carboxylic acids is 1. The summed E-state index contributed by atoms with van der Waals surface area (Å²) >= 11 is 1.49. The predicted molar refractivity (Wildman–Crippen MR) is 104 cm³/mol. The Labute approximate surface area is 158 Å². The van der Waals surface area contributed by atoms with Gasteiger partial charge in [0.25, 0.3) is 0 Å². The van der Waals surface area contributed by atoms with Crippen LogP contribution in [0.15, 0.2) is 71.3 Å². The molecule has 0 spiro atoms. The molecular formula is C20H15FN4OS. The molecule has 4 aromatic rings. The first-order valence-corrected chi connectivity index (χ1v) is 9.15. The number of hydrogen-bond acceptors (Lipinski definition) is 4. The van der Waals surface area contributed by atoms with Crippen molar-refractivity contribution in [2.24, 2.45) is 5.10 Å². The molecule has 27 heavy (non-hydrogen) atoms. The van der Waals surface area contributed by atoms with Crippen LogP contribution in [0, 0.1) is 5.82 Å². The average molecular weight is 378 g/mol. The summed E-state index contributed by atoms with van der Waals surface area (Å²) in [7, 11) is 0. The monoisotopic (exact) mass is 378 g/mol. The number of benzene rings is 2. The molecule has 5 nitrogen and oxygen atoms in total. The van der Waals surface area contributed by atoms with Gasteiger partial charge in [-0.2, -0.15) is 5.10 Å². The fourth-order valence-corrected chi connectivity index (χ4v) is 3.51. The van der Waals surface area contributed by atoms with Crippen LogP contribution >= 0.6 is 11.3 Å². The van der Waals surface area contributed by atoms with Crippen molar-refractivity contribution in [3.63, 3.8) is 0 Å². The minimum atomic E-state index is -0.312. The van der Waals surface area contributed by atoms with Gasteiger partial charge in [-0.25, -0.2) is 14.8 Å². The first-order chi connectivity index (χ1) is 13.2. The lowest BCUT2D eigenvalue weighted by Crippen LogP contribution is -2.20. The van der Waals surface area contributed by atoms with Crippen LogP contribution in [0.5, 0.6) is 0 Å². The fraction of sp³-hybridized carbons (Fsp3) is 0.0500. The van der Waals surface area contributed by atoms with E-state index in [9.17, 15) is 9.18 Å². The van der Waals surface area contributed by atoms with Crippen molar-refractivity contribution in [3.8, 4) is 11.3 Å². The third-order valence-electron chi connectivity index (χ3n) is 3.97. The molecule has 2 aromatic heterocycles. The topological polar surface area (TPSA) is 58.8 Å². The second-order valence-corrected chi connectivity index (χ2v) is 6.73. The number of nitrogens with zero attached hydrogens (tertiary/aromatic N) is 3. The van der Waals surface area contributed by atoms with E-state index in [2.05, 4.69) is 15.5 Å². The number of thiazole rings is 1. The summed E-state index contributed by atoms with van der Waals surface area (Å²) in [6.45, 7) is 0. The Kier molecular flexibility index (Phi) is 4.76. The van der Waals surface area contributed by atoms with Gasteiger partial charge in [-0.3, -0.25) is 9.20 Å². The van der Waals surface area contributed by atoms with Crippen molar-refractivity contribution in [2.75, 3.05) is 0 Å². The molecule has 0 atom stereocenters. The summed E-state index contributed by atoms with van der Waals surface area (Å²) in [4.78, 5) is 17.6. The van der Waals surface area contributed by atoms with Crippen LogP contribution < -0.4 is 5.43 Å². The number of nitrogens with one attached hydrogen (secondary N) is 1. The fourth-order valence-electron chi connectivity index (χ4n) is 2.64. The van der Waals surface area contributed by atoms with Crippen molar-refractivity contribution in [1.29, 1.82) is 0 Å². The van der Waals surface area contributed by atoms with E-state index in [0.717, 1.165) is 21.9 Å². The third-order valence-corrected chi connectivity index (χ3v) is 4.86. The molecule has 2 aromatic carbocycles. The molecule has 0 aliphatic rings. The number of hydrogen-bond donors (Lipinski definition) is 1. The first-order valence-electron chi connectivity index (χ1n) is 8.27. The van der Waals surface area contributed by atoms with E-state index < -0.39 is 0 Å². The second-order valence-electron chi connectivity index (χ2n) is 5.89. The molecule has 0 unspecified atom stereocenters. The van der Waals surface area contributed by atoms with Crippen molar-refractivity contribution >= 4 is 28.4 Å². The lowest BCUT2D eigenvalue weighted by molar-refractivity contribution is -0.120. The van der Waals surface area contributed by atoms with Gasteiger partial charge in [0.1, 0.15) is 5.82 Å². The number of fused-ring (bicyclic) bond motifs is 1. The van der Waals surface area contributed by atoms with Gasteiger partial charge in [0.05, 0.1) is 18.3 Å². The lowest BCUT2D eigenvalue weighted by atomic mass is 10.2. The largest absolute Gasteiger partial charge is 0.294 e. The highest BCUT2D eigenvalue weighted by Gasteiger charge is 2.12. The lowest BCUT2D eigenvalue weighted by Gasteiger charge is -1.99. The maximum Gasteiger partial charge on any atom is 0.246 e. The van der Waals surface area contributed by atoms with Crippen molar-refractivity contribution in [2.45, 2.75) is 6.42 Å². The van der Waals surface area contributed by atoms with Crippen molar-refractivity contribution in [3.05, 3.63) is 83.2 Å². The number of aromatic nitrogens is 2. The van der Waals surface area contributed by atoms with E-state index in [1.54, 1.807) is 12.1 Å². The summed E-state index contributed by atoms with van der Waals surface area (Å²) in [5, 5.41) is 5.83. The molecule has 0 radical (unpaired) electrons. The SMILES string of the molecule is O=C(Cc1csc2nc(-c3ccccc3)cn12)N/N=C/c1ccc(F)cc1. The summed E-state index contributed by atoms with van der Waals surface area (Å²) < 4.78 is 14.8. The molecule has 0 bridgehead atoms. The quantitative estimate of drug-likeness (QED) is 0.423. The molecule has 1 N–H and O–H groups in total. The van der Waals surface area contributed by atoms with Gasteiger partial charge < -0.3 is 0 Å². The van der Waals surface area contributed by atoms with Gasteiger partial charge in [-0.15, -0.1) is 11.3 Å². The molecule has 0 saturated heterocycles. The highest BCUT2D eigenvalue weighted by molar-refractivity contribution is 7.15. The van der Waals surface area contributed by atoms with Crippen LogP contribution in [0.2, 0.25) is 0 Å². The maximum atomic E-state index is 12.9. The molecule has 7 heteroatoms. The Balaban J connectivity index is 1.44. The van der Waals surface area contributed by atoms with Gasteiger partial charge in [0, 0.05) is 22.8 Å². The number of carbonyl (C=O) groups is 1. The van der Waals surface area contributed by atoms with Crippen LogP contribution in [0.3, 0.4) is 0 Å². The van der Waals surface area contributed by atoms with Gasteiger partial charge in [0.15, 0.2) is 4.96 Å². The number of rotatable bonds is 5. The van der Waals surface area contributed by atoms with Gasteiger partial charge in [-0.1, -0.05) is 42.5 Å². The molecule has 0 aliphatic carbocycles. The van der Waals surface area contributed by atoms with E-state index in [0.29, 0.717) is 5.56 Å². The zero-order valence-corrected chi connectivity index (χ0v) is 15.0. The number of halogens is 1.